The van der Waals surface area contributed by atoms with Gasteiger partial charge >= 0.3 is 0 Å². The topological polar surface area (TPSA) is 75.3 Å². The maximum Gasteiger partial charge on any atom is 0.251 e. The molecule has 0 saturated heterocycles. The van der Waals surface area contributed by atoms with E-state index in [1.807, 2.05) is 18.2 Å². The maximum absolute atomic E-state index is 12.3. The SMILES string of the molecule is O=C(NCCc1cccc(Cl)c1)c1cccc(S(=O)(=O)NCC2CC2)c1. The van der Waals surface area contributed by atoms with E-state index < -0.39 is 10.0 Å². The molecule has 2 aromatic rings. The van der Waals surface area contributed by atoms with Gasteiger partial charge in [0, 0.05) is 23.7 Å². The van der Waals surface area contributed by atoms with Crippen LogP contribution in [0.25, 0.3) is 0 Å². The molecule has 1 amide bonds. The maximum atomic E-state index is 12.3. The summed E-state index contributed by atoms with van der Waals surface area (Å²) in [6.07, 6.45) is 2.78. The number of benzene rings is 2. The molecule has 0 heterocycles. The van der Waals surface area contributed by atoms with E-state index in [-0.39, 0.29) is 10.8 Å². The molecule has 2 aromatic carbocycles. The number of carbonyl (C=O) groups is 1. The highest BCUT2D eigenvalue weighted by atomic mass is 35.5. The fraction of sp³-hybridized carbons (Fsp3) is 0.316. The summed E-state index contributed by atoms with van der Waals surface area (Å²) in [6, 6.07) is 13.5. The Bertz CT molecular complexity index is 895. The van der Waals surface area contributed by atoms with E-state index in [9.17, 15) is 13.2 Å². The third-order valence-corrected chi connectivity index (χ3v) is 5.91. The fourth-order valence-corrected chi connectivity index (χ4v) is 3.93. The summed E-state index contributed by atoms with van der Waals surface area (Å²) in [6.45, 7) is 0.897. The van der Waals surface area contributed by atoms with Crippen LogP contribution in [0, 0.1) is 5.92 Å². The predicted molar refractivity (Wildman–Crippen MR) is 102 cm³/mol. The van der Waals surface area contributed by atoms with Gasteiger partial charge in [-0.2, -0.15) is 0 Å². The fourth-order valence-electron chi connectivity index (χ4n) is 2.55. The summed E-state index contributed by atoms with van der Waals surface area (Å²) in [5, 5.41) is 3.47. The van der Waals surface area contributed by atoms with Crippen LogP contribution in [-0.4, -0.2) is 27.4 Å². The third kappa shape index (κ3) is 5.30. The van der Waals surface area contributed by atoms with Crippen molar-refractivity contribution in [3.63, 3.8) is 0 Å². The van der Waals surface area contributed by atoms with Crippen LogP contribution in [-0.2, 0) is 16.4 Å². The van der Waals surface area contributed by atoms with Gasteiger partial charge in [0.2, 0.25) is 10.0 Å². The molecule has 0 bridgehead atoms. The smallest absolute Gasteiger partial charge is 0.251 e. The average molecular weight is 393 g/mol. The number of carbonyl (C=O) groups excluding carboxylic acids is 1. The van der Waals surface area contributed by atoms with Crippen LogP contribution in [0.3, 0.4) is 0 Å². The molecule has 2 N–H and O–H groups in total. The monoisotopic (exact) mass is 392 g/mol. The molecule has 0 atom stereocenters. The van der Waals surface area contributed by atoms with Gasteiger partial charge in [-0.05, 0) is 61.1 Å². The van der Waals surface area contributed by atoms with Crippen LogP contribution in [0.5, 0.6) is 0 Å². The standard InChI is InChI=1S/C19H21ClN2O3S/c20-17-5-1-3-14(11-17)9-10-21-19(23)16-4-2-6-18(12-16)26(24,25)22-13-15-7-8-15/h1-6,11-12,15,22H,7-10,13H2,(H,21,23). The molecule has 0 aromatic heterocycles. The van der Waals surface area contributed by atoms with Gasteiger partial charge in [0.05, 0.1) is 4.90 Å². The Kier molecular flexibility index (Phi) is 5.96. The number of sulfonamides is 1. The van der Waals surface area contributed by atoms with Crippen molar-refractivity contribution in [2.24, 2.45) is 5.92 Å². The second-order valence-electron chi connectivity index (χ2n) is 6.46. The molecule has 1 fully saturated rings. The van der Waals surface area contributed by atoms with Crippen molar-refractivity contribution < 1.29 is 13.2 Å². The molecule has 0 unspecified atom stereocenters. The molecule has 0 radical (unpaired) electrons. The minimum atomic E-state index is -3.58. The largest absolute Gasteiger partial charge is 0.352 e. The Hall–Kier alpha value is -1.89. The summed E-state index contributed by atoms with van der Waals surface area (Å²) in [5.41, 5.74) is 1.35. The molecule has 26 heavy (non-hydrogen) atoms. The lowest BCUT2D eigenvalue weighted by Gasteiger charge is -2.09. The Morgan fingerprint density at radius 2 is 1.88 bits per heavy atom. The first-order chi connectivity index (χ1) is 12.4. The van der Waals surface area contributed by atoms with Crippen LogP contribution in [0.2, 0.25) is 5.02 Å². The van der Waals surface area contributed by atoms with E-state index >= 15 is 0 Å². The van der Waals surface area contributed by atoms with E-state index in [1.54, 1.807) is 18.2 Å². The van der Waals surface area contributed by atoms with Crippen molar-refractivity contribution in [1.29, 1.82) is 0 Å². The molecule has 0 aliphatic heterocycles. The van der Waals surface area contributed by atoms with Crippen molar-refractivity contribution in [3.8, 4) is 0 Å². The second kappa shape index (κ2) is 8.20. The number of halogens is 1. The number of amides is 1. The Morgan fingerprint density at radius 3 is 2.62 bits per heavy atom. The van der Waals surface area contributed by atoms with Gasteiger partial charge < -0.3 is 5.32 Å². The molecule has 1 saturated carbocycles. The van der Waals surface area contributed by atoms with Gasteiger partial charge in [0.1, 0.15) is 0 Å². The van der Waals surface area contributed by atoms with Crippen LogP contribution in [0.15, 0.2) is 53.4 Å². The van der Waals surface area contributed by atoms with Gasteiger partial charge in [0.15, 0.2) is 0 Å². The first-order valence-electron chi connectivity index (χ1n) is 8.56. The van der Waals surface area contributed by atoms with Crippen molar-refractivity contribution >= 4 is 27.5 Å². The lowest BCUT2D eigenvalue weighted by Crippen LogP contribution is -2.28. The normalized spacial score (nSPS) is 14.2. The summed E-state index contributed by atoms with van der Waals surface area (Å²) >= 11 is 5.94. The van der Waals surface area contributed by atoms with Gasteiger partial charge in [-0.1, -0.05) is 29.8 Å². The molecule has 5 nitrogen and oxygen atoms in total. The van der Waals surface area contributed by atoms with Crippen molar-refractivity contribution in [2.45, 2.75) is 24.2 Å². The minimum Gasteiger partial charge on any atom is -0.352 e. The Morgan fingerprint density at radius 1 is 1.12 bits per heavy atom. The first-order valence-corrected chi connectivity index (χ1v) is 10.4. The minimum absolute atomic E-state index is 0.112. The van der Waals surface area contributed by atoms with Crippen LogP contribution < -0.4 is 10.0 Å². The summed E-state index contributed by atoms with van der Waals surface area (Å²) in [7, 11) is -3.58. The zero-order valence-electron chi connectivity index (χ0n) is 14.2. The average Bonchev–Trinajstić information content (AvgIpc) is 3.45. The van der Waals surface area contributed by atoms with E-state index in [1.165, 1.54) is 12.1 Å². The van der Waals surface area contributed by atoms with Crippen molar-refractivity contribution in [1.82, 2.24) is 10.0 Å². The predicted octanol–water partition coefficient (Wildman–Crippen LogP) is 3.00. The number of nitrogens with one attached hydrogen (secondary N) is 2. The highest BCUT2D eigenvalue weighted by Gasteiger charge is 2.24. The van der Waals surface area contributed by atoms with Crippen LogP contribution in [0.4, 0.5) is 0 Å². The Balaban J connectivity index is 1.58. The van der Waals surface area contributed by atoms with Gasteiger partial charge in [-0.25, -0.2) is 13.1 Å². The molecular formula is C19H21ClN2O3S. The molecule has 7 heteroatoms. The van der Waals surface area contributed by atoms with E-state index in [4.69, 9.17) is 11.6 Å². The second-order valence-corrected chi connectivity index (χ2v) is 8.66. The lowest BCUT2D eigenvalue weighted by molar-refractivity contribution is 0.0954. The van der Waals surface area contributed by atoms with Gasteiger partial charge in [-0.3, -0.25) is 4.79 Å². The van der Waals surface area contributed by atoms with Crippen molar-refractivity contribution in [3.05, 3.63) is 64.7 Å². The van der Waals surface area contributed by atoms with E-state index in [2.05, 4.69) is 10.0 Å². The molecule has 3 rings (SSSR count). The van der Waals surface area contributed by atoms with E-state index in [0.29, 0.717) is 36.0 Å². The zero-order chi connectivity index (χ0) is 18.6. The summed E-state index contributed by atoms with van der Waals surface area (Å²) in [4.78, 5) is 12.4. The number of hydrogen-bond donors (Lipinski definition) is 2. The first kappa shape index (κ1) is 18.9. The van der Waals surface area contributed by atoms with Gasteiger partial charge in [-0.15, -0.1) is 0 Å². The van der Waals surface area contributed by atoms with Crippen LogP contribution >= 0.6 is 11.6 Å². The van der Waals surface area contributed by atoms with Crippen LogP contribution in [0.1, 0.15) is 28.8 Å². The van der Waals surface area contributed by atoms with Gasteiger partial charge in [0.25, 0.3) is 5.91 Å². The number of hydrogen-bond acceptors (Lipinski definition) is 3. The molecular weight excluding hydrogens is 372 g/mol. The molecule has 0 spiro atoms. The quantitative estimate of drug-likeness (QED) is 0.725. The summed E-state index contributed by atoms with van der Waals surface area (Å²) < 4.78 is 27.2. The summed E-state index contributed by atoms with van der Waals surface area (Å²) in [5.74, 6) is 0.147. The molecule has 1 aliphatic rings. The zero-order valence-corrected chi connectivity index (χ0v) is 15.8. The highest BCUT2D eigenvalue weighted by Crippen LogP contribution is 2.28. The highest BCUT2D eigenvalue weighted by molar-refractivity contribution is 7.89. The third-order valence-electron chi connectivity index (χ3n) is 4.25. The van der Waals surface area contributed by atoms with E-state index in [0.717, 1.165) is 18.4 Å². The number of rotatable bonds is 8. The molecule has 1 aliphatic carbocycles. The molecule has 138 valence electrons. The Labute approximate surface area is 158 Å². The van der Waals surface area contributed by atoms with Crippen molar-refractivity contribution in [2.75, 3.05) is 13.1 Å². The lowest BCUT2D eigenvalue weighted by atomic mass is 10.1.